The molecule has 41 heavy (non-hydrogen) atoms. The fourth-order valence-corrected chi connectivity index (χ4v) is 6.79. The van der Waals surface area contributed by atoms with Crippen molar-refractivity contribution in [1.82, 2.24) is 20.1 Å². The van der Waals surface area contributed by atoms with E-state index in [1.807, 2.05) is 0 Å². The van der Waals surface area contributed by atoms with Crippen molar-refractivity contribution < 1.29 is 21.6 Å². The van der Waals surface area contributed by atoms with Crippen LogP contribution in [0.1, 0.15) is 45.6 Å². The lowest BCUT2D eigenvalue weighted by Gasteiger charge is -2.33. The van der Waals surface area contributed by atoms with Crippen LogP contribution >= 0.6 is 24.0 Å². The van der Waals surface area contributed by atoms with E-state index < -0.39 is 21.6 Å². The number of likely N-dealkylation sites (tertiary alicyclic amines) is 1. The van der Waals surface area contributed by atoms with Crippen molar-refractivity contribution in [1.29, 1.82) is 0 Å². The number of piperidine rings is 1. The van der Waals surface area contributed by atoms with Gasteiger partial charge < -0.3 is 16.0 Å². The van der Waals surface area contributed by atoms with Crippen molar-refractivity contribution >= 4 is 51.4 Å². The van der Waals surface area contributed by atoms with Crippen LogP contribution in [0, 0.1) is 11.3 Å². The van der Waals surface area contributed by atoms with Crippen molar-refractivity contribution in [3.05, 3.63) is 47.0 Å². The number of nitrogens with two attached hydrogens (primary N) is 1. The Morgan fingerprint density at radius 3 is 2.29 bits per heavy atom. The average molecular weight is 636 g/mol. The standard InChI is InChI=1S/C27H34ClF3N6O2S.ClH/c1-26(2,3)10-13-37-11-8-17(9-12-37)16-40(38,39)20-6-4-18(5-7-20)23-21(27(29,30)31)14-19(15-22(23)28)33-25-34-24(32)35-36-25;/h4-7,14-15,17H,8-13,16H2,1-3H3,(H4,32,33,34,35,36);1H. The third-order valence-electron chi connectivity index (χ3n) is 7.00. The molecule has 1 aliphatic heterocycles. The number of halogens is 5. The van der Waals surface area contributed by atoms with Crippen LogP contribution < -0.4 is 11.1 Å². The van der Waals surface area contributed by atoms with Crippen LogP contribution in [0.4, 0.5) is 30.8 Å². The maximum atomic E-state index is 14.1. The van der Waals surface area contributed by atoms with Crippen molar-refractivity contribution in [3.63, 3.8) is 0 Å². The van der Waals surface area contributed by atoms with Gasteiger partial charge >= 0.3 is 6.18 Å². The van der Waals surface area contributed by atoms with E-state index in [-0.39, 0.29) is 68.1 Å². The lowest BCUT2D eigenvalue weighted by atomic mass is 9.91. The number of nitrogens with one attached hydrogen (secondary N) is 2. The van der Waals surface area contributed by atoms with E-state index in [1.165, 1.54) is 30.3 Å². The molecule has 0 radical (unpaired) electrons. The number of aromatic amines is 1. The minimum Gasteiger partial charge on any atom is -0.368 e. The first-order valence-electron chi connectivity index (χ1n) is 13.0. The number of rotatable bonds is 8. The van der Waals surface area contributed by atoms with Crippen LogP contribution in [-0.4, -0.2) is 53.9 Å². The molecule has 1 aromatic heterocycles. The van der Waals surface area contributed by atoms with Gasteiger partial charge in [-0.3, -0.25) is 0 Å². The molecule has 8 nitrogen and oxygen atoms in total. The Balaban J connectivity index is 0.00000462. The second-order valence-electron chi connectivity index (χ2n) is 11.4. The van der Waals surface area contributed by atoms with E-state index in [9.17, 15) is 21.6 Å². The molecule has 0 amide bonds. The van der Waals surface area contributed by atoms with Crippen LogP contribution in [0.15, 0.2) is 41.3 Å². The Labute approximate surface area is 249 Å². The van der Waals surface area contributed by atoms with Crippen molar-refractivity contribution in [2.45, 2.75) is 51.1 Å². The summed E-state index contributed by atoms with van der Waals surface area (Å²) >= 11 is 6.33. The molecule has 226 valence electrons. The van der Waals surface area contributed by atoms with Gasteiger partial charge in [-0.25, -0.2) is 13.5 Å². The highest BCUT2D eigenvalue weighted by molar-refractivity contribution is 7.91. The third kappa shape index (κ3) is 8.73. The van der Waals surface area contributed by atoms with Crippen LogP contribution in [0.2, 0.25) is 5.02 Å². The summed E-state index contributed by atoms with van der Waals surface area (Å²) in [4.78, 5) is 6.28. The molecule has 1 aliphatic rings. The van der Waals surface area contributed by atoms with Gasteiger partial charge in [0.05, 0.1) is 21.2 Å². The molecule has 4 N–H and O–H groups in total. The highest BCUT2D eigenvalue weighted by atomic mass is 35.5. The highest BCUT2D eigenvalue weighted by Crippen LogP contribution is 2.43. The van der Waals surface area contributed by atoms with E-state index in [0.29, 0.717) is 0 Å². The molecule has 0 aliphatic carbocycles. The summed E-state index contributed by atoms with van der Waals surface area (Å²) in [6, 6.07) is 7.64. The van der Waals surface area contributed by atoms with Crippen molar-refractivity contribution in [3.8, 4) is 11.1 Å². The predicted octanol–water partition coefficient (Wildman–Crippen LogP) is 6.81. The number of hydrogen-bond acceptors (Lipinski definition) is 7. The molecule has 2 aromatic carbocycles. The zero-order chi connectivity index (χ0) is 29.3. The molecule has 0 spiro atoms. The number of nitrogens with zero attached hydrogens (tertiary/aromatic N) is 3. The lowest BCUT2D eigenvalue weighted by Crippen LogP contribution is -2.37. The van der Waals surface area contributed by atoms with E-state index in [4.69, 9.17) is 17.3 Å². The van der Waals surface area contributed by atoms with E-state index in [2.05, 4.69) is 46.2 Å². The van der Waals surface area contributed by atoms with Gasteiger partial charge in [0, 0.05) is 11.3 Å². The van der Waals surface area contributed by atoms with E-state index in [0.717, 1.165) is 45.0 Å². The summed E-state index contributed by atoms with van der Waals surface area (Å²) in [5, 5.41) is 8.61. The Kier molecular flexibility index (Phi) is 10.3. The quantitative estimate of drug-likeness (QED) is 0.249. The average Bonchev–Trinajstić information content (AvgIpc) is 3.26. The van der Waals surface area contributed by atoms with Gasteiger partial charge in [0.1, 0.15) is 0 Å². The molecule has 4 rings (SSSR count). The van der Waals surface area contributed by atoms with Crippen molar-refractivity contribution in [2.75, 3.05) is 36.4 Å². The Morgan fingerprint density at radius 1 is 1.12 bits per heavy atom. The Bertz CT molecular complexity index is 1430. The van der Waals surface area contributed by atoms with Crippen LogP contribution in [0.5, 0.6) is 0 Å². The van der Waals surface area contributed by atoms with E-state index in [1.54, 1.807) is 0 Å². The molecule has 3 aromatic rings. The lowest BCUT2D eigenvalue weighted by molar-refractivity contribution is -0.137. The molecule has 0 bridgehead atoms. The number of H-pyrrole nitrogens is 1. The van der Waals surface area contributed by atoms with Gasteiger partial charge in [-0.15, -0.1) is 17.5 Å². The molecule has 0 unspecified atom stereocenters. The minimum absolute atomic E-state index is 0. The Hall–Kier alpha value is -2.54. The molecule has 2 heterocycles. The van der Waals surface area contributed by atoms with Gasteiger partial charge in [0.15, 0.2) is 9.84 Å². The third-order valence-corrected chi connectivity index (χ3v) is 9.20. The number of nitrogen functional groups attached to an aromatic ring is 1. The molecular weight excluding hydrogens is 600 g/mol. The van der Waals surface area contributed by atoms with Crippen molar-refractivity contribution in [2.24, 2.45) is 11.3 Å². The molecular formula is C27H35Cl2F3N6O2S. The Morgan fingerprint density at radius 2 is 1.76 bits per heavy atom. The van der Waals surface area contributed by atoms with Gasteiger partial charge in [-0.1, -0.05) is 44.5 Å². The normalized spacial score (nSPS) is 15.5. The van der Waals surface area contributed by atoms with Gasteiger partial charge in [-0.05, 0) is 80.1 Å². The summed E-state index contributed by atoms with van der Waals surface area (Å²) < 4.78 is 68.5. The molecule has 0 saturated carbocycles. The zero-order valence-electron chi connectivity index (χ0n) is 23.1. The van der Waals surface area contributed by atoms with Crippen LogP contribution in [0.3, 0.4) is 0 Å². The smallest absolute Gasteiger partial charge is 0.368 e. The fourth-order valence-electron chi connectivity index (χ4n) is 4.76. The molecule has 1 fully saturated rings. The minimum atomic E-state index is -4.73. The first-order valence-corrected chi connectivity index (χ1v) is 15.0. The van der Waals surface area contributed by atoms with Gasteiger partial charge in [0.2, 0.25) is 11.9 Å². The monoisotopic (exact) mass is 634 g/mol. The molecule has 0 atom stereocenters. The predicted molar refractivity (Wildman–Crippen MR) is 159 cm³/mol. The number of benzene rings is 2. The number of aromatic nitrogens is 3. The second kappa shape index (κ2) is 12.8. The largest absolute Gasteiger partial charge is 0.417 e. The summed E-state index contributed by atoms with van der Waals surface area (Å²) in [6.45, 7) is 9.35. The molecule has 14 heteroatoms. The summed E-state index contributed by atoms with van der Waals surface area (Å²) in [5.74, 6) is 0.0406. The highest BCUT2D eigenvalue weighted by Gasteiger charge is 2.36. The zero-order valence-corrected chi connectivity index (χ0v) is 25.4. The van der Waals surface area contributed by atoms with Gasteiger partial charge in [-0.2, -0.15) is 18.2 Å². The summed E-state index contributed by atoms with van der Waals surface area (Å²) in [6.07, 6.45) is -2.06. The second-order valence-corrected chi connectivity index (χ2v) is 13.9. The van der Waals surface area contributed by atoms with Crippen LogP contribution in [-0.2, 0) is 16.0 Å². The number of hydrogen-bond donors (Lipinski definition) is 3. The fraction of sp³-hybridized carbons (Fsp3) is 0.481. The summed E-state index contributed by atoms with van der Waals surface area (Å²) in [7, 11) is -3.61. The van der Waals surface area contributed by atoms with Gasteiger partial charge in [0.25, 0.3) is 0 Å². The topological polar surface area (TPSA) is 117 Å². The molecule has 1 saturated heterocycles. The summed E-state index contributed by atoms with van der Waals surface area (Å²) in [5.41, 5.74) is 4.65. The first kappa shape index (κ1) is 33.0. The van der Waals surface area contributed by atoms with Crippen LogP contribution in [0.25, 0.3) is 11.1 Å². The maximum Gasteiger partial charge on any atom is 0.417 e. The first-order chi connectivity index (χ1) is 18.6. The number of sulfone groups is 1. The number of anilines is 3. The maximum absolute atomic E-state index is 14.1. The van der Waals surface area contributed by atoms with E-state index >= 15 is 0 Å². The number of alkyl halides is 3. The SMILES string of the molecule is CC(C)(C)CCN1CCC(CS(=O)(=O)c2ccc(-c3c(Cl)cc(Nc4n[nH]c(N)n4)cc3C(F)(F)F)cc2)CC1.Cl.